The van der Waals surface area contributed by atoms with Crippen molar-refractivity contribution in [3.8, 4) is 17.3 Å². The fourth-order valence-corrected chi connectivity index (χ4v) is 1.89. The number of aromatic nitrogens is 2. The van der Waals surface area contributed by atoms with E-state index < -0.39 is 0 Å². The van der Waals surface area contributed by atoms with E-state index in [1.165, 1.54) is 0 Å². The lowest BCUT2D eigenvalue weighted by atomic mass is 10.0. The third-order valence-electron chi connectivity index (χ3n) is 2.67. The lowest BCUT2D eigenvalue weighted by Crippen LogP contribution is -2.10. The van der Waals surface area contributed by atoms with Crippen molar-refractivity contribution in [2.45, 2.75) is 19.8 Å². The molecule has 0 amide bonds. The first-order valence-electron chi connectivity index (χ1n) is 5.83. The van der Waals surface area contributed by atoms with Crippen LogP contribution in [0.2, 0.25) is 0 Å². The van der Waals surface area contributed by atoms with E-state index in [-0.39, 0.29) is 5.56 Å². The van der Waals surface area contributed by atoms with E-state index in [1.807, 2.05) is 12.1 Å². The van der Waals surface area contributed by atoms with Crippen LogP contribution in [0.25, 0.3) is 11.3 Å². The molecule has 0 aliphatic rings. The summed E-state index contributed by atoms with van der Waals surface area (Å²) in [5.41, 5.74) is 2.90. The summed E-state index contributed by atoms with van der Waals surface area (Å²) in [6.45, 7) is 2.05. The van der Waals surface area contributed by atoms with Gasteiger partial charge in [0.25, 0.3) is 5.56 Å². The predicted molar refractivity (Wildman–Crippen MR) is 69.0 cm³/mol. The summed E-state index contributed by atoms with van der Waals surface area (Å²) < 4.78 is 0. The maximum Gasteiger partial charge on any atom is 0.264 e. The normalized spacial score (nSPS) is 10.0. The maximum atomic E-state index is 11.3. The van der Waals surface area contributed by atoms with Crippen molar-refractivity contribution in [2.75, 3.05) is 0 Å². The highest BCUT2D eigenvalue weighted by atomic mass is 16.1. The van der Waals surface area contributed by atoms with Crippen LogP contribution in [0.3, 0.4) is 0 Å². The van der Waals surface area contributed by atoms with Crippen molar-refractivity contribution in [3.63, 3.8) is 0 Å². The van der Waals surface area contributed by atoms with E-state index in [0.717, 1.165) is 29.7 Å². The Morgan fingerprint density at radius 3 is 2.94 bits per heavy atom. The third-order valence-corrected chi connectivity index (χ3v) is 2.67. The molecule has 0 spiro atoms. The standard InChI is InChI=1S/C14H13N3O/c1-2-4-11-8-13(18)16-17-14(11)12-6-3-5-10(7-12)9-15/h3,5-8H,2,4H2,1H3,(H,16,18). The van der Waals surface area contributed by atoms with Gasteiger partial charge in [0, 0.05) is 11.6 Å². The number of aromatic amines is 1. The van der Waals surface area contributed by atoms with Crippen LogP contribution < -0.4 is 5.56 Å². The number of benzene rings is 1. The largest absolute Gasteiger partial charge is 0.268 e. The molecule has 0 unspecified atom stereocenters. The van der Waals surface area contributed by atoms with Crippen molar-refractivity contribution >= 4 is 0 Å². The summed E-state index contributed by atoms with van der Waals surface area (Å²) in [4.78, 5) is 11.3. The Labute approximate surface area is 105 Å². The number of nitrogens with zero attached hydrogens (tertiary/aromatic N) is 2. The second-order valence-corrected chi connectivity index (χ2v) is 4.05. The molecule has 0 aliphatic heterocycles. The lowest BCUT2D eigenvalue weighted by molar-refractivity contribution is 0.886. The molecule has 90 valence electrons. The minimum atomic E-state index is -0.196. The quantitative estimate of drug-likeness (QED) is 0.893. The average molecular weight is 239 g/mol. The Morgan fingerprint density at radius 1 is 1.39 bits per heavy atom. The summed E-state index contributed by atoms with van der Waals surface area (Å²) in [6.07, 6.45) is 1.74. The second-order valence-electron chi connectivity index (χ2n) is 4.05. The number of nitriles is 1. The first kappa shape index (κ1) is 12.1. The minimum absolute atomic E-state index is 0.196. The Balaban J connectivity index is 2.56. The fraction of sp³-hybridized carbons (Fsp3) is 0.214. The number of hydrogen-bond donors (Lipinski definition) is 1. The molecule has 4 heteroatoms. The zero-order valence-corrected chi connectivity index (χ0v) is 10.1. The van der Waals surface area contributed by atoms with E-state index in [1.54, 1.807) is 18.2 Å². The van der Waals surface area contributed by atoms with Gasteiger partial charge in [-0.1, -0.05) is 25.5 Å². The number of aryl methyl sites for hydroxylation is 1. The lowest BCUT2D eigenvalue weighted by Gasteiger charge is -2.06. The second kappa shape index (κ2) is 5.28. The van der Waals surface area contributed by atoms with Crippen LogP contribution in [-0.4, -0.2) is 10.2 Å². The van der Waals surface area contributed by atoms with Crippen LogP contribution in [0, 0.1) is 11.3 Å². The maximum absolute atomic E-state index is 11.3. The third kappa shape index (κ3) is 2.46. The summed E-state index contributed by atoms with van der Waals surface area (Å²) in [7, 11) is 0. The van der Waals surface area contributed by atoms with E-state index in [4.69, 9.17) is 5.26 Å². The molecule has 4 nitrogen and oxygen atoms in total. The van der Waals surface area contributed by atoms with Gasteiger partial charge in [0.2, 0.25) is 0 Å². The van der Waals surface area contributed by atoms with Crippen molar-refractivity contribution in [2.24, 2.45) is 0 Å². The molecule has 18 heavy (non-hydrogen) atoms. The van der Waals surface area contributed by atoms with E-state index in [2.05, 4.69) is 23.2 Å². The van der Waals surface area contributed by atoms with Gasteiger partial charge >= 0.3 is 0 Å². The summed E-state index contributed by atoms with van der Waals surface area (Å²) in [5, 5.41) is 15.4. The van der Waals surface area contributed by atoms with Gasteiger partial charge in [0.05, 0.1) is 17.3 Å². The Morgan fingerprint density at radius 2 is 2.22 bits per heavy atom. The summed E-state index contributed by atoms with van der Waals surface area (Å²) in [5.74, 6) is 0. The first-order valence-corrected chi connectivity index (χ1v) is 5.83. The molecular formula is C14H13N3O. The predicted octanol–water partition coefficient (Wildman–Crippen LogP) is 2.26. The van der Waals surface area contributed by atoms with Gasteiger partial charge < -0.3 is 0 Å². The van der Waals surface area contributed by atoms with Crippen LogP contribution in [0.15, 0.2) is 35.1 Å². The zero-order valence-electron chi connectivity index (χ0n) is 10.1. The SMILES string of the molecule is CCCc1cc(=O)[nH]nc1-c1cccc(C#N)c1. The van der Waals surface area contributed by atoms with Crippen molar-refractivity contribution < 1.29 is 0 Å². The number of H-pyrrole nitrogens is 1. The van der Waals surface area contributed by atoms with Crippen molar-refractivity contribution in [1.29, 1.82) is 5.26 Å². The van der Waals surface area contributed by atoms with Gasteiger partial charge in [-0.05, 0) is 24.1 Å². The molecule has 0 saturated heterocycles. The highest BCUT2D eigenvalue weighted by molar-refractivity contribution is 5.64. The highest BCUT2D eigenvalue weighted by Gasteiger charge is 2.08. The minimum Gasteiger partial charge on any atom is -0.268 e. The molecule has 0 bridgehead atoms. The first-order chi connectivity index (χ1) is 8.74. The van der Waals surface area contributed by atoms with Crippen molar-refractivity contribution in [3.05, 3.63) is 51.8 Å². The molecule has 1 heterocycles. The van der Waals surface area contributed by atoms with Gasteiger partial charge in [0.1, 0.15) is 0 Å². The smallest absolute Gasteiger partial charge is 0.264 e. The topological polar surface area (TPSA) is 69.5 Å². The monoisotopic (exact) mass is 239 g/mol. The molecule has 0 radical (unpaired) electrons. The van der Waals surface area contributed by atoms with Crippen LogP contribution >= 0.6 is 0 Å². The molecular weight excluding hydrogens is 226 g/mol. The molecule has 0 aliphatic carbocycles. The van der Waals surface area contributed by atoms with Gasteiger partial charge in [-0.25, -0.2) is 5.10 Å². The van der Waals surface area contributed by atoms with E-state index in [0.29, 0.717) is 5.56 Å². The summed E-state index contributed by atoms with van der Waals surface area (Å²) in [6, 6.07) is 10.9. The number of hydrogen-bond acceptors (Lipinski definition) is 3. The Bertz CT molecular complexity index is 653. The Kier molecular flexibility index (Phi) is 3.54. The molecule has 2 rings (SSSR count). The zero-order chi connectivity index (χ0) is 13.0. The van der Waals surface area contributed by atoms with Crippen LogP contribution in [0.4, 0.5) is 0 Å². The van der Waals surface area contributed by atoms with Crippen LogP contribution in [0.1, 0.15) is 24.5 Å². The molecule has 1 aromatic carbocycles. The molecule has 2 aromatic rings. The molecule has 1 N–H and O–H groups in total. The fourth-order valence-electron chi connectivity index (χ4n) is 1.89. The van der Waals surface area contributed by atoms with Gasteiger partial charge in [-0.2, -0.15) is 10.4 Å². The number of nitrogens with one attached hydrogen (secondary N) is 1. The highest BCUT2D eigenvalue weighted by Crippen LogP contribution is 2.21. The summed E-state index contributed by atoms with van der Waals surface area (Å²) >= 11 is 0. The molecule has 0 saturated carbocycles. The average Bonchev–Trinajstić information content (AvgIpc) is 2.39. The molecule has 0 atom stereocenters. The van der Waals surface area contributed by atoms with E-state index >= 15 is 0 Å². The molecule has 1 aromatic heterocycles. The van der Waals surface area contributed by atoms with Gasteiger partial charge in [-0.15, -0.1) is 0 Å². The van der Waals surface area contributed by atoms with Gasteiger partial charge in [0.15, 0.2) is 0 Å². The number of rotatable bonds is 3. The van der Waals surface area contributed by atoms with Crippen LogP contribution in [-0.2, 0) is 6.42 Å². The molecule has 0 fully saturated rings. The van der Waals surface area contributed by atoms with Crippen molar-refractivity contribution in [1.82, 2.24) is 10.2 Å². The van der Waals surface area contributed by atoms with E-state index in [9.17, 15) is 4.79 Å². The van der Waals surface area contributed by atoms with Crippen LogP contribution in [0.5, 0.6) is 0 Å². The Hall–Kier alpha value is -2.41. The van der Waals surface area contributed by atoms with Gasteiger partial charge in [-0.3, -0.25) is 4.79 Å².